The molecule has 0 atom stereocenters. The molecule has 1 N–H and O–H groups in total. The molecule has 0 heterocycles. The molecule has 0 radical (unpaired) electrons. The first kappa shape index (κ1) is 11.4. The molecule has 0 aliphatic rings. The van der Waals surface area contributed by atoms with Crippen LogP contribution < -0.4 is 5.32 Å². The van der Waals surface area contributed by atoms with Gasteiger partial charge in [0, 0.05) is 11.4 Å². The van der Waals surface area contributed by atoms with Gasteiger partial charge in [-0.3, -0.25) is 0 Å². The van der Waals surface area contributed by atoms with Crippen molar-refractivity contribution in [3.63, 3.8) is 0 Å². The average molecular weight is 213 g/mol. The second-order valence-electron chi connectivity index (χ2n) is 2.93. The maximum atomic E-state index is 12.2. The molecule has 4 heteroatoms. The Hall–Kier alpha value is -1.71. The van der Waals surface area contributed by atoms with Gasteiger partial charge in [-0.1, -0.05) is 13.2 Å². The number of nitrogens with one attached hydrogen (secondary N) is 1. The molecule has 0 aromatic heterocycles. The first-order chi connectivity index (χ1) is 6.93. The summed E-state index contributed by atoms with van der Waals surface area (Å²) in [6.45, 7) is 7.06. The summed E-state index contributed by atoms with van der Waals surface area (Å²) in [6, 6.07) is 4.71. The lowest BCUT2D eigenvalue weighted by molar-refractivity contribution is -0.137. The summed E-state index contributed by atoms with van der Waals surface area (Å²) in [5.41, 5.74) is 0.417. The van der Waals surface area contributed by atoms with Gasteiger partial charge in [0.1, 0.15) is 0 Å². The van der Waals surface area contributed by atoms with Gasteiger partial charge in [-0.05, 0) is 30.3 Å². The highest BCUT2D eigenvalue weighted by molar-refractivity contribution is 5.50. The zero-order valence-corrected chi connectivity index (χ0v) is 7.93. The van der Waals surface area contributed by atoms with Crippen molar-refractivity contribution in [2.75, 3.05) is 5.32 Å². The van der Waals surface area contributed by atoms with Crippen molar-refractivity contribution in [1.29, 1.82) is 0 Å². The fourth-order valence-electron chi connectivity index (χ4n) is 0.979. The number of rotatable bonds is 3. The number of allylic oxidation sites excluding steroid dienone is 1. The lowest BCUT2D eigenvalue weighted by Crippen LogP contribution is -2.04. The number of hydrogen-bond donors (Lipinski definition) is 1. The van der Waals surface area contributed by atoms with Crippen LogP contribution in [0.1, 0.15) is 5.56 Å². The van der Waals surface area contributed by atoms with Gasteiger partial charge in [-0.25, -0.2) is 0 Å². The Kier molecular flexibility index (Phi) is 3.19. The minimum Gasteiger partial charge on any atom is -0.356 e. The number of halogens is 3. The highest BCUT2D eigenvalue weighted by Crippen LogP contribution is 2.29. The minimum absolute atomic E-state index is 0.537. The lowest BCUT2D eigenvalue weighted by atomic mass is 10.2. The Morgan fingerprint density at radius 2 is 1.73 bits per heavy atom. The van der Waals surface area contributed by atoms with E-state index in [1.165, 1.54) is 18.2 Å². The van der Waals surface area contributed by atoms with Crippen molar-refractivity contribution in [2.45, 2.75) is 6.18 Å². The van der Waals surface area contributed by atoms with Crippen LogP contribution in [-0.4, -0.2) is 0 Å². The van der Waals surface area contributed by atoms with Gasteiger partial charge in [0.15, 0.2) is 0 Å². The highest BCUT2D eigenvalue weighted by Gasteiger charge is 2.29. The van der Waals surface area contributed by atoms with E-state index < -0.39 is 11.7 Å². The van der Waals surface area contributed by atoms with E-state index in [0.717, 1.165) is 12.1 Å². The van der Waals surface area contributed by atoms with Crippen LogP contribution in [0.25, 0.3) is 0 Å². The van der Waals surface area contributed by atoms with Crippen molar-refractivity contribution in [2.24, 2.45) is 0 Å². The van der Waals surface area contributed by atoms with Crippen LogP contribution in [0.5, 0.6) is 0 Å². The molecule has 0 bridgehead atoms. The number of alkyl halides is 3. The number of benzene rings is 1. The van der Waals surface area contributed by atoms with Crippen molar-refractivity contribution >= 4 is 5.69 Å². The van der Waals surface area contributed by atoms with Gasteiger partial charge < -0.3 is 5.32 Å². The molecule has 80 valence electrons. The minimum atomic E-state index is -4.30. The van der Waals surface area contributed by atoms with Gasteiger partial charge in [-0.15, -0.1) is 0 Å². The predicted octanol–water partition coefficient (Wildman–Crippen LogP) is 3.82. The van der Waals surface area contributed by atoms with Crippen LogP contribution in [0.15, 0.2) is 49.2 Å². The third-order valence-electron chi connectivity index (χ3n) is 1.76. The van der Waals surface area contributed by atoms with E-state index in [9.17, 15) is 13.2 Å². The van der Waals surface area contributed by atoms with Gasteiger partial charge >= 0.3 is 6.18 Å². The zero-order chi connectivity index (χ0) is 11.5. The molecular formula is C11H10F3N. The molecule has 0 aliphatic heterocycles. The largest absolute Gasteiger partial charge is 0.416 e. The van der Waals surface area contributed by atoms with E-state index in [4.69, 9.17) is 0 Å². The maximum absolute atomic E-state index is 12.2. The molecule has 0 spiro atoms. The molecule has 0 fully saturated rings. The normalized spacial score (nSPS) is 10.9. The van der Waals surface area contributed by atoms with Crippen LogP contribution in [0, 0.1) is 0 Å². The summed E-state index contributed by atoms with van der Waals surface area (Å²) in [5, 5.41) is 2.79. The molecule has 15 heavy (non-hydrogen) atoms. The molecule has 0 aliphatic carbocycles. The van der Waals surface area contributed by atoms with Crippen molar-refractivity contribution in [1.82, 2.24) is 0 Å². The monoisotopic (exact) mass is 213 g/mol. The van der Waals surface area contributed by atoms with E-state index in [-0.39, 0.29) is 0 Å². The van der Waals surface area contributed by atoms with E-state index in [1.807, 2.05) is 0 Å². The molecule has 0 saturated carbocycles. The third-order valence-corrected chi connectivity index (χ3v) is 1.76. The molecule has 1 aromatic carbocycles. The van der Waals surface area contributed by atoms with Crippen LogP contribution >= 0.6 is 0 Å². The lowest BCUT2D eigenvalue weighted by Gasteiger charge is -2.09. The van der Waals surface area contributed by atoms with Gasteiger partial charge in [0.25, 0.3) is 0 Å². The smallest absolute Gasteiger partial charge is 0.356 e. The van der Waals surface area contributed by atoms with Gasteiger partial charge in [-0.2, -0.15) is 13.2 Å². The topological polar surface area (TPSA) is 12.0 Å². The molecule has 1 aromatic rings. The van der Waals surface area contributed by atoms with E-state index in [1.54, 1.807) is 0 Å². The second kappa shape index (κ2) is 4.21. The first-order valence-electron chi connectivity index (χ1n) is 4.19. The van der Waals surface area contributed by atoms with Gasteiger partial charge in [0.05, 0.1) is 5.56 Å². The molecule has 0 unspecified atom stereocenters. The molecule has 1 nitrogen and oxygen atoms in total. The van der Waals surface area contributed by atoms with Gasteiger partial charge in [0.2, 0.25) is 0 Å². The summed E-state index contributed by atoms with van der Waals surface area (Å²) >= 11 is 0. The fraction of sp³-hybridized carbons (Fsp3) is 0.0909. The Labute approximate surface area is 85.9 Å². The maximum Gasteiger partial charge on any atom is 0.416 e. The van der Waals surface area contributed by atoms with Crippen LogP contribution in [-0.2, 0) is 6.18 Å². The summed E-state index contributed by atoms with van der Waals surface area (Å²) in [6.07, 6.45) is -2.81. The molecular weight excluding hydrogens is 203 g/mol. The quantitative estimate of drug-likeness (QED) is 0.752. The van der Waals surface area contributed by atoms with Crippen molar-refractivity contribution in [3.8, 4) is 0 Å². The Balaban J connectivity index is 2.81. The predicted molar refractivity (Wildman–Crippen MR) is 54.4 cm³/mol. The Morgan fingerprint density at radius 3 is 2.13 bits per heavy atom. The van der Waals surface area contributed by atoms with Crippen LogP contribution in [0.3, 0.4) is 0 Å². The second-order valence-corrected chi connectivity index (χ2v) is 2.93. The molecule has 0 amide bonds. The standard InChI is InChI=1S/C11H10F3N/c1-3-8(2)15-10-6-4-9(5-7-10)11(12,13)14/h3-7,15H,1-2H2. The zero-order valence-electron chi connectivity index (χ0n) is 7.93. The third kappa shape index (κ3) is 3.16. The molecule has 0 saturated heterocycles. The Morgan fingerprint density at radius 1 is 1.20 bits per heavy atom. The van der Waals surface area contributed by atoms with E-state index >= 15 is 0 Å². The average Bonchev–Trinajstić information content (AvgIpc) is 2.17. The van der Waals surface area contributed by atoms with Crippen molar-refractivity contribution < 1.29 is 13.2 Å². The SMILES string of the molecule is C=CC(=C)Nc1ccc(C(F)(F)F)cc1. The summed E-state index contributed by atoms with van der Waals surface area (Å²) < 4.78 is 36.6. The summed E-state index contributed by atoms with van der Waals surface area (Å²) in [4.78, 5) is 0. The molecule has 1 rings (SSSR count). The summed E-state index contributed by atoms with van der Waals surface area (Å²) in [5.74, 6) is 0. The number of hydrogen-bond acceptors (Lipinski definition) is 1. The first-order valence-corrected chi connectivity index (χ1v) is 4.19. The van der Waals surface area contributed by atoms with Crippen LogP contribution in [0.2, 0.25) is 0 Å². The highest BCUT2D eigenvalue weighted by atomic mass is 19.4. The fourth-order valence-corrected chi connectivity index (χ4v) is 0.979. The van der Waals surface area contributed by atoms with Crippen molar-refractivity contribution in [3.05, 3.63) is 54.8 Å². The summed E-state index contributed by atoms with van der Waals surface area (Å²) in [7, 11) is 0. The number of anilines is 1. The van der Waals surface area contributed by atoms with E-state index in [2.05, 4.69) is 18.5 Å². The van der Waals surface area contributed by atoms with Crippen LogP contribution in [0.4, 0.5) is 18.9 Å². The Bertz CT molecular complexity index is 362. The van der Waals surface area contributed by atoms with E-state index in [0.29, 0.717) is 11.4 Å².